The van der Waals surface area contributed by atoms with Crippen LogP contribution in [-0.2, 0) is 0 Å². The first kappa shape index (κ1) is 12.3. The lowest BCUT2D eigenvalue weighted by atomic mass is 10.0. The van der Waals surface area contributed by atoms with E-state index in [4.69, 9.17) is 5.73 Å². The Bertz CT molecular complexity index is 578. The minimum atomic E-state index is 0.485. The lowest BCUT2D eigenvalue weighted by molar-refractivity contribution is 0.470. The summed E-state index contributed by atoms with van der Waals surface area (Å²) in [6.45, 7) is 2.74. The summed E-state index contributed by atoms with van der Waals surface area (Å²) in [7, 11) is 2.12. The van der Waals surface area contributed by atoms with Crippen molar-refractivity contribution in [2.45, 2.75) is 32.2 Å². The molecule has 6 heteroatoms. The number of nitrogens with two attached hydrogens (primary N) is 1. The molecular formula is C13H20N6. The van der Waals surface area contributed by atoms with Crippen LogP contribution in [0.5, 0.6) is 0 Å². The van der Waals surface area contributed by atoms with Gasteiger partial charge in [0.05, 0.1) is 0 Å². The first-order valence-electron chi connectivity index (χ1n) is 6.81. The summed E-state index contributed by atoms with van der Waals surface area (Å²) in [5, 5.41) is 4.27. The Hall–Kier alpha value is -1.69. The predicted octanol–water partition coefficient (Wildman–Crippen LogP) is 0.996. The predicted molar refractivity (Wildman–Crippen MR) is 74.1 cm³/mol. The molecule has 0 saturated heterocycles. The van der Waals surface area contributed by atoms with Crippen LogP contribution >= 0.6 is 0 Å². The van der Waals surface area contributed by atoms with Crippen LogP contribution in [0.3, 0.4) is 0 Å². The summed E-state index contributed by atoms with van der Waals surface area (Å²) in [6.07, 6.45) is 5.21. The smallest absolute Gasteiger partial charge is 0.254 e. The van der Waals surface area contributed by atoms with Crippen LogP contribution in [-0.4, -0.2) is 39.2 Å². The van der Waals surface area contributed by atoms with Gasteiger partial charge < -0.3 is 10.6 Å². The molecule has 0 amide bonds. The van der Waals surface area contributed by atoms with Crippen molar-refractivity contribution in [1.29, 1.82) is 0 Å². The molecule has 6 nitrogen and oxygen atoms in total. The third-order valence-corrected chi connectivity index (χ3v) is 4.14. The van der Waals surface area contributed by atoms with Crippen LogP contribution in [0.15, 0.2) is 12.4 Å². The monoisotopic (exact) mass is 260 g/mol. The van der Waals surface area contributed by atoms with Crippen molar-refractivity contribution >= 4 is 11.6 Å². The summed E-state index contributed by atoms with van der Waals surface area (Å²) >= 11 is 0. The standard InChI is InChI=1S/C13H20N6/c1-9-6-12(19-13(17-9)15-8-16-19)18(2)11-5-3-4-10(11)7-14/h6,8,10-11H,3-5,7,14H2,1-2H3. The lowest BCUT2D eigenvalue weighted by Gasteiger charge is -2.31. The van der Waals surface area contributed by atoms with Gasteiger partial charge in [-0.05, 0) is 32.2 Å². The van der Waals surface area contributed by atoms with Crippen LogP contribution < -0.4 is 10.6 Å². The number of fused-ring (bicyclic) bond motifs is 1. The van der Waals surface area contributed by atoms with Crippen LogP contribution in [0, 0.1) is 12.8 Å². The van der Waals surface area contributed by atoms with E-state index in [0.29, 0.717) is 17.7 Å². The minimum absolute atomic E-state index is 0.485. The second kappa shape index (κ2) is 4.77. The second-order valence-corrected chi connectivity index (χ2v) is 5.33. The van der Waals surface area contributed by atoms with Gasteiger partial charge >= 0.3 is 0 Å². The summed E-state index contributed by atoms with van der Waals surface area (Å²) in [4.78, 5) is 10.9. The molecule has 102 valence electrons. The fourth-order valence-electron chi connectivity index (χ4n) is 3.13. The van der Waals surface area contributed by atoms with E-state index < -0.39 is 0 Å². The highest BCUT2D eigenvalue weighted by molar-refractivity contribution is 5.47. The van der Waals surface area contributed by atoms with Crippen molar-refractivity contribution in [3.63, 3.8) is 0 Å². The minimum Gasteiger partial charge on any atom is -0.356 e. The van der Waals surface area contributed by atoms with Gasteiger partial charge in [0.2, 0.25) is 0 Å². The van der Waals surface area contributed by atoms with Gasteiger partial charge in [0.25, 0.3) is 5.78 Å². The normalized spacial score (nSPS) is 23.1. The number of hydrogen-bond acceptors (Lipinski definition) is 5. The van der Waals surface area contributed by atoms with Crippen LogP contribution in [0.4, 0.5) is 5.82 Å². The van der Waals surface area contributed by atoms with Gasteiger partial charge in [-0.3, -0.25) is 0 Å². The molecule has 0 radical (unpaired) electrons. The molecule has 1 saturated carbocycles. The number of rotatable bonds is 3. The van der Waals surface area contributed by atoms with Crippen molar-refractivity contribution in [2.24, 2.45) is 11.7 Å². The highest BCUT2D eigenvalue weighted by Gasteiger charge is 2.30. The first-order chi connectivity index (χ1) is 9.20. The van der Waals surface area contributed by atoms with Gasteiger partial charge in [-0.15, -0.1) is 0 Å². The molecule has 2 aromatic rings. The zero-order valence-corrected chi connectivity index (χ0v) is 11.5. The quantitative estimate of drug-likeness (QED) is 0.891. The number of anilines is 1. The molecule has 2 N–H and O–H groups in total. The van der Waals surface area contributed by atoms with Crippen molar-refractivity contribution in [1.82, 2.24) is 19.6 Å². The van der Waals surface area contributed by atoms with Gasteiger partial charge in [0.15, 0.2) is 0 Å². The maximum atomic E-state index is 5.89. The second-order valence-electron chi connectivity index (χ2n) is 5.33. The van der Waals surface area contributed by atoms with E-state index in [1.165, 1.54) is 19.3 Å². The third kappa shape index (κ3) is 2.06. The van der Waals surface area contributed by atoms with Crippen LogP contribution in [0.1, 0.15) is 25.0 Å². The van der Waals surface area contributed by atoms with E-state index in [2.05, 4.69) is 33.1 Å². The Morgan fingerprint density at radius 3 is 3.11 bits per heavy atom. The van der Waals surface area contributed by atoms with E-state index in [-0.39, 0.29) is 0 Å². The van der Waals surface area contributed by atoms with E-state index in [1.807, 2.05) is 6.92 Å². The molecule has 19 heavy (non-hydrogen) atoms. The average molecular weight is 260 g/mol. The van der Waals surface area contributed by atoms with E-state index in [0.717, 1.165) is 18.1 Å². The Balaban J connectivity index is 2.01. The average Bonchev–Trinajstić information content (AvgIpc) is 3.04. The van der Waals surface area contributed by atoms with Gasteiger partial charge in [-0.25, -0.2) is 4.98 Å². The van der Waals surface area contributed by atoms with Crippen LogP contribution in [0.2, 0.25) is 0 Å². The van der Waals surface area contributed by atoms with Crippen molar-refractivity contribution < 1.29 is 0 Å². The Morgan fingerprint density at radius 2 is 2.32 bits per heavy atom. The highest BCUT2D eigenvalue weighted by Crippen LogP contribution is 2.31. The summed E-state index contributed by atoms with van der Waals surface area (Å²) in [6, 6.07) is 2.55. The number of hydrogen-bond donors (Lipinski definition) is 1. The topological polar surface area (TPSA) is 72.3 Å². The lowest BCUT2D eigenvalue weighted by Crippen LogP contribution is -2.38. The summed E-state index contributed by atoms with van der Waals surface area (Å²) < 4.78 is 1.80. The SMILES string of the molecule is Cc1cc(N(C)C2CCCC2CN)n2ncnc2n1. The number of nitrogens with zero attached hydrogens (tertiary/aromatic N) is 5. The molecule has 1 aliphatic rings. The number of aromatic nitrogens is 4. The molecule has 2 heterocycles. The maximum absolute atomic E-state index is 5.89. The molecule has 0 aliphatic heterocycles. The molecule has 0 bridgehead atoms. The highest BCUT2D eigenvalue weighted by atomic mass is 15.4. The zero-order valence-electron chi connectivity index (χ0n) is 11.5. The molecule has 2 atom stereocenters. The Morgan fingerprint density at radius 1 is 1.47 bits per heavy atom. The van der Waals surface area contributed by atoms with Gasteiger partial charge in [0, 0.05) is 24.8 Å². The van der Waals surface area contributed by atoms with E-state index in [1.54, 1.807) is 10.8 Å². The summed E-state index contributed by atoms with van der Waals surface area (Å²) in [5.41, 5.74) is 6.85. The molecular weight excluding hydrogens is 240 g/mol. The van der Waals surface area contributed by atoms with Gasteiger partial charge in [0.1, 0.15) is 12.1 Å². The van der Waals surface area contributed by atoms with Gasteiger partial charge in [-0.2, -0.15) is 14.6 Å². The molecule has 0 aromatic carbocycles. The molecule has 3 rings (SSSR count). The fraction of sp³-hybridized carbons (Fsp3) is 0.615. The largest absolute Gasteiger partial charge is 0.356 e. The molecule has 2 aromatic heterocycles. The van der Waals surface area contributed by atoms with Crippen molar-refractivity contribution in [2.75, 3.05) is 18.5 Å². The Labute approximate surface area is 112 Å². The van der Waals surface area contributed by atoms with E-state index >= 15 is 0 Å². The molecule has 1 aliphatic carbocycles. The molecule has 0 spiro atoms. The van der Waals surface area contributed by atoms with Crippen molar-refractivity contribution in [3.8, 4) is 0 Å². The number of aryl methyl sites for hydroxylation is 1. The third-order valence-electron chi connectivity index (χ3n) is 4.14. The van der Waals surface area contributed by atoms with Crippen LogP contribution in [0.25, 0.3) is 5.78 Å². The van der Waals surface area contributed by atoms with Gasteiger partial charge in [-0.1, -0.05) is 6.42 Å². The Kier molecular flexibility index (Phi) is 3.10. The molecule has 1 fully saturated rings. The summed E-state index contributed by atoms with van der Waals surface area (Å²) in [5.74, 6) is 2.27. The molecule has 2 unspecified atom stereocenters. The maximum Gasteiger partial charge on any atom is 0.254 e. The van der Waals surface area contributed by atoms with Crippen molar-refractivity contribution in [3.05, 3.63) is 18.1 Å². The zero-order chi connectivity index (χ0) is 13.4. The van der Waals surface area contributed by atoms with E-state index in [9.17, 15) is 0 Å². The first-order valence-corrected chi connectivity index (χ1v) is 6.81. The fourth-order valence-corrected chi connectivity index (χ4v) is 3.13.